The number of carbonyl (C=O) groups excluding carboxylic acids is 2. The molecular formula is C16H17F3N2O3. The maximum Gasteiger partial charge on any atom is 0.405 e. The van der Waals surface area contributed by atoms with Gasteiger partial charge in [0.2, 0.25) is 0 Å². The fourth-order valence-corrected chi connectivity index (χ4v) is 2.66. The molecule has 1 atom stereocenters. The predicted molar refractivity (Wildman–Crippen MR) is 78.6 cm³/mol. The highest BCUT2D eigenvalue weighted by Gasteiger charge is 2.41. The van der Waals surface area contributed by atoms with Crippen molar-refractivity contribution < 1.29 is 27.5 Å². The Labute approximate surface area is 136 Å². The van der Waals surface area contributed by atoms with Crippen molar-refractivity contribution in [1.82, 2.24) is 10.2 Å². The molecule has 0 unspecified atom stereocenters. The van der Waals surface area contributed by atoms with Crippen LogP contribution < -0.4 is 10.1 Å². The Kier molecular flexibility index (Phi) is 4.38. The van der Waals surface area contributed by atoms with Crippen molar-refractivity contribution in [1.29, 1.82) is 0 Å². The summed E-state index contributed by atoms with van der Waals surface area (Å²) in [6.07, 6.45) is -2.28. The van der Waals surface area contributed by atoms with Gasteiger partial charge in [-0.1, -0.05) is 0 Å². The third-order valence-corrected chi connectivity index (χ3v) is 4.02. The van der Waals surface area contributed by atoms with Gasteiger partial charge in [-0.3, -0.25) is 9.59 Å². The average molecular weight is 342 g/mol. The van der Waals surface area contributed by atoms with Gasteiger partial charge >= 0.3 is 6.18 Å². The van der Waals surface area contributed by atoms with Crippen LogP contribution in [0.2, 0.25) is 0 Å². The van der Waals surface area contributed by atoms with Gasteiger partial charge in [0.05, 0.1) is 0 Å². The van der Waals surface area contributed by atoms with Crippen molar-refractivity contribution in [2.24, 2.45) is 0 Å². The number of carbonyl (C=O) groups is 2. The topological polar surface area (TPSA) is 58.6 Å². The second-order valence-corrected chi connectivity index (χ2v) is 5.98. The van der Waals surface area contributed by atoms with Gasteiger partial charge in [0.25, 0.3) is 11.8 Å². The summed E-state index contributed by atoms with van der Waals surface area (Å²) in [6, 6.07) is 6.06. The van der Waals surface area contributed by atoms with Gasteiger partial charge in [-0.15, -0.1) is 0 Å². The monoisotopic (exact) mass is 342 g/mol. The van der Waals surface area contributed by atoms with Gasteiger partial charge in [-0.25, -0.2) is 0 Å². The fourth-order valence-electron chi connectivity index (χ4n) is 2.66. The summed E-state index contributed by atoms with van der Waals surface area (Å²) in [6.45, 7) is -0.691. The van der Waals surface area contributed by atoms with E-state index in [1.165, 1.54) is 24.3 Å². The lowest BCUT2D eigenvalue weighted by atomic mass is 10.2. The zero-order valence-electron chi connectivity index (χ0n) is 12.8. The molecule has 3 rings (SSSR count). The van der Waals surface area contributed by atoms with E-state index in [2.05, 4.69) is 0 Å². The number of benzene rings is 1. The summed E-state index contributed by atoms with van der Waals surface area (Å²) in [4.78, 5) is 25.6. The number of likely N-dealkylation sites (tertiary alicyclic amines) is 1. The Morgan fingerprint density at radius 1 is 1.21 bits per heavy atom. The van der Waals surface area contributed by atoms with Gasteiger partial charge in [0.15, 0.2) is 6.10 Å². The predicted octanol–water partition coefficient (Wildman–Crippen LogP) is 2.12. The third kappa shape index (κ3) is 3.98. The van der Waals surface area contributed by atoms with Crippen LogP contribution in [-0.2, 0) is 4.79 Å². The number of alkyl halides is 3. The maximum atomic E-state index is 12.2. The number of nitrogens with zero attached hydrogens (tertiary/aromatic N) is 1. The van der Waals surface area contributed by atoms with E-state index >= 15 is 0 Å². The molecule has 0 aromatic heterocycles. The minimum atomic E-state index is -4.45. The number of rotatable bonds is 5. The molecule has 1 saturated carbocycles. The molecule has 24 heavy (non-hydrogen) atoms. The second kappa shape index (κ2) is 6.33. The average Bonchev–Trinajstić information content (AvgIpc) is 3.31. The SMILES string of the molecule is O=C(NCC(F)(F)F)c1ccc(O[C@@H]2CCN(C3CC3)C2=O)cc1. The summed E-state index contributed by atoms with van der Waals surface area (Å²) >= 11 is 0. The highest BCUT2D eigenvalue weighted by Crippen LogP contribution is 2.31. The zero-order chi connectivity index (χ0) is 17.3. The largest absolute Gasteiger partial charge is 0.481 e. The Balaban J connectivity index is 1.55. The third-order valence-electron chi connectivity index (χ3n) is 4.02. The molecule has 1 saturated heterocycles. The number of halogens is 3. The van der Waals surface area contributed by atoms with Crippen molar-refractivity contribution in [3.63, 3.8) is 0 Å². The quantitative estimate of drug-likeness (QED) is 0.892. The van der Waals surface area contributed by atoms with Gasteiger partial charge in [0.1, 0.15) is 12.3 Å². The van der Waals surface area contributed by atoms with Gasteiger partial charge < -0.3 is 15.0 Å². The molecule has 2 fully saturated rings. The molecule has 0 spiro atoms. The number of nitrogens with one attached hydrogen (secondary N) is 1. The summed E-state index contributed by atoms with van der Waals surface area (Å²) in [5, 5.41) is 1.80. The number of ether oxygens (including phenoxy) is 1. The Morgan fingerprint density at radius 2 is 1.88 bits per heavy atom. The number of hydrogen-bond donors (Lipinski definition) is 1. The van der Waals surface area contributed by atoms with Crippen LogP contribution in [-0.4, -0.2) is 48.1 Å². The highest BCUT2D eigenvalue weighted by molar-refractivity contribution is 5.94. The van der Waals surface area contributed by atoms with E-state index < -0.39 is 24.7 Å². The Bertz CT molecular complexity index is 626. The van der Waals surface area contributed by atoms with Crippen LogP contribution >= 0.6 is 0 Å². The van der Waals surface area contributed by atoms with Crippen LogP contribution in [0.1, 0.15) is 29.6 Å². The summed E-state index contributed by atoms with van der Waals surface area (Å²) < 4.78 is 41.9. The van der Waals surface area contributed by atoms with E-state index in [1.807, 2.05) is 4.90 Å². The second-order valence-electron chi connectivity index (χ2n) is 5.98. The van der Waals surface area contributed by atoms with E-state index in [1.54, 1.807) is 5.32 Å². The molecule has 5 nitrogen and oxygen atoms in total. The summed E-state index contributed by atoms with van der Waals surface area (Å²) in [5.41, 5.74) is 0.101. The molecule has 2 amide bonds. The van der Waals surface area contributed by atoms with Crippen LogP contribution in [0.25, 0.3) is 0 Å². The maximum absolute atomic E-state index is 12.2. The molecule has 1 N–H and O–H groups in total. The van der Waals surface area contributed by atoms with Crippen molar-refractivity contribution in [3.05, 3.63) is 29.8 Å². The van der Waals surface area contributed by atoms with Crippen LogP contribution in [0.15, 0.2) is 24.3 Å². The normalized spacial score (nSPS) is 21.0. The summed E-state index contributed by atoms with van der Waals surface area (Å²) in [5.74, 6) is -0.418. The van der Waals surface area contributed by atoms with E-state index in [0.29, 0.717) is 24.8 Å². The lowest BCUT2D eigenvalue weighted by molar-refractivity contribution is -0.133. The van der Waals surface area contributed by atoms with Crippen molar-refractivity contribution in [3.8, 4) is 5.75 Å². The first-order valence-electron chi connectivity index (χ1n) is 7.75. The fraction of sp³-hybridized carbons (Fsp3) is 0.500. The molecule has 1 aliphatic heterocycles. The number of hydrogen-bond acceptors (Lipinski definition) is 3. The van der Waals surface area contributed by atoms with Gasteiger partial charge in [0, 0.05) is 24.6 Å². The van der Waals surface area contributed by atoms with E-state index in [0.717, 1.165) is 12.8 Å². The van der Waals surface area contributed by atoms with E-state index in [9.17, 15) is 22.8 Å². The van der Waals surface area contributed by atoms with Gasteiger partial charge in [-0.2, -0.15) is 13.2 Å². The first-order valence-corrected chi connectivity index (χ1v) is 7.75. The molecule has 0 radical (unpaired) electrons. The highest BCUT2D eigenvalue weighted by atomic mass is 19.4. The van der Waals surface area contributed by atoms with E-state index in [4.69, 9.17) is 4.74 Å². The lowest BCUT2D eigenvalue weighted by Gasteiger charge is -2.16. The summed E-state index contributed by atoms with van der Waals surface area (Å²) in [7, 11) is 0. The van der Waals surface area contributed by atoms with Crippen LogP contribution in [0.3, 0.4) is 0 Å². The smallest absolute Gasteiger partial charge is 0.405 e. The Morgan fingerprint density at radius 3 is 2.46 bits per heavy atom. The van der Waals surface area contributed by atoms with Crippen molar-refractivity contribution in [2.45, 2.75) is 37.6 Å². The van der Waals surface area contributed by atoms with Crippen molar-refractivity contribution in [2.75, 3.05) is 13.1 Å². The minimum Gasteiger partial charge on any atom is -0.481 e. The molecule has 1 aliphatic carbocycles. The molecular weight excluding hydrogens is 325 g/mol. The minimum absolute atomic E-state index is 0.0236. The van der Waals surface area contributed by atoms with Gasteiger partial charge in [-0.05, 0) is 37.1 Å². The standard InChI is InChI=1S/C16H17F3N2O3/c17-16(18,19)9-20-14(22)10-1-5-12(6-2-10)24-13-7-8-21(15(13)23)11-3-4-11/h1-2,5-6,11,13H,3-4,7-9H2,(H,20,22)/t13-/m1/s1. The molecule has 2 aliphatic rings. The Hall–Kier alpha value is -2.25. The van der Waals surface area contributed by atoms with Crippen LogP contribution in [0.5, 0.6) is 5.75 Å². The molecule has 0 bridgehead atoms. The number of amides is 2. The molecule has 8 heteroatoms. The van der Waals surface area contributed by atoms with E-state index in [-0.39, 0.29) is 11.5 Å². The first-order chi connectivity index (χ1) is 11.3. The lowest BCUT2D eigenvalue weighted by Crippen LogP contribution is -2.34. The van der Waals surface area contributed by atoms with Crippen LogP contribution in [0.4, 0.5) is 13.2 Å². The zero-order valence-corrected chi connectivity index (χ0v) is 12.8. The van der Waals surface area contributed by atoms with Crippen LogP contribution in [0, 0.1) is 0 Å². The first kappa shape index (κ1) is 16.6. The molecule has 1 aromatic rings. The van der Waals surface area contributed by atoms with Crippen molar-refractivity contribution >= 4 is 11.8 Å². The molecule has 1 heterocycles. The molecule has 1 aromatic carbocycles. The molecule has 130 valence electrons.